The van der Waals surface area contributed by atoms with Gasteiger partial charge in [-0.1, -0.05) is 58.3 Å². The van der Waals surface area contributed by atoms with Crippen molar-refractivity contribution in [3.8, 4) is 0 Å². The maximum Gasteiger partial charge on any atom is 1.00 e. The predicted octanol–water partition coefficient (Wildman–Crippen LogP) is 0.872. The fourth-order valence-corrected chi connectivity index (χ4v) is 1.93. The summed E-state index contributed by atoms with van der Waals surface area (Å²) < 4.78 is 4.86. The summed E-state index contributed by atoms with van der Waals surface area (Å²) in [6.45, 7) is 3.64. The minimum absolute atomic E-state index is 0. The summed E-state index contributed by atoms with van der Waals surface area (Å²) in [5.74, 6) is -0.284. The molecule has 2 N–H and O–H groups in total. The average molecular weight is 267 g/mol. The molecule has 0 saturated carbocycles. The monoisotopic (exact) mass is 267 g/mol. The Morgan fingerprint density at radius 3 is 1.94 bits per heavy atom. The topological polar surface area (TPSA) is 52.3 Å². The Hall–Kier alpha value is 0.430. The maximum atomic E-state index is 10.6. The van der Waals surface area contributed by atoms with Crippen LogP contribution in [0.25, 0.3) is 0 Å². The van der Waals surface area contributed by atoms with Crippen molar-refractivity contribution >= 4 is 5.97 Å². The first-order valence-corrected chi connectivity index (χ1v) is 7.09. The van der Waals surface area contributed by atoms with Gasteiger partial charge in [-0.25, -0.2) is 0 Å². The molecule has 0 radical (unpaired) electrons. The van der Waals surface area contributed by atoms with E-state index in [0.29, 0.717) is 0 Å². The van der Waals surface area contributed by atoms with Crippen LogP contribution in [0.3, 0.4) is 0 Å². The van der Waals surface area contributed by atoms with E-state index < -0.39 is 6.23 Å². The summed E-state index contributed by atoms with van der Waals surface area (Å²) in [7, 11) is 0. The van der Waals surface area contributed by atoms with Gasteiger partial charge in [0.25, 0.3) is 0 Å². The maximum absolute atomic E-state index is 10.6. The van der Waals surface area contributed by atoms with Crippen LogP contribution in [-0.2, 0) is 9.53 Å². The van der Waals surface area contributed by atoms with Gasteiger partial charge in [0.2, 0.25) is 0 Å². The van der Waals surface area contributed by atoms with Gasteiger partial charge in [0.05, 0.1) is 0 Å². The molecule has 18 heavy (non-hydrogen) atoms. The predicted molar refractivity (Wildman–Crippen MR) is 72.7 cm³/mol. The zero-order valence-corrected chi connectivity index (χ0v) is 14.5. The molecule has 0 aliphatic carbocycles. The summed E-state index contributed by atoms with van der Waals surface area (Å²) in [5, 5.41) is 0. The largest absolute Gasteiger partial charge is 1.00 e. The van der Waals surface area contributed by atoms with Crippen molar-refractivity contribution in [3.05, 3.63) is 0 Å². The molecule has 0 heterocycles. The van der Waals surface area contributed by atoms with Gasteiger partial charge in [0, 0.05) is 6.92 Å². The SMILES string of the molecule is CCCCCCCCCCCC(N)OC(C)=O.[H-].[Na+]. The fourth-order valence-electron chi connectivity index (χ4n) is 1.93. The van der Waals surface area contributed by atoms with Crippen molar-refractivity contribution in [2.75, 3.05) is 0 Å². The number of ether oxygens (including phenoxy) is 1. The van der Waals surface area contributed by atoms with E-state index in [1.807, 2.05) is 0 Å². The molecule has 0 amide bonds. The molecule has 0 aliphatic rings. The van der Waals surface area contributed by atoms with Crippen LogP contribution in [0.4, 0.5) is 0 Å². The van der Waals surface area contributed by atoms with E-state index in [1.165, 1.54) is 58.3 Å². The number of hydrogen-bond donors (Lipinski definition) is 1. The van der Waals surface area contributed by atoms with Crippen LogP contribution < -0.4 is 35.3 Å². The Bertz CT molecular complexity index is 194. The third-order valence-electron chi connectivity index (χ3n) is 2.91. The van der Waals surface area contributed by atoms with Gasteiger partial charge >= 0.3 is 35.5 Å². The zero-order chi connectivity index (χ0) is 12.9. The molecule has 0 rings (SSSR count). The van der Waals surface area contributed by atoms with Crippen LogP contribution in [0.2, 0.25) is 0 Å². The van der Waals surface area contributed by atoms with Crippen molar-refractivity contribution in [1.29, 1.82) is 0 Å². The normalized spacial score (nSPS) is 11.7. The Balaban J connectivity index is -0.00000128. The van der Waals surface area contributed by atoms with E-state index in [-0.39, 0.29) is 37.0 Å². The molecule has 0 aromatic heterocycles. The summed E-state index contributed by atoms with van der Waals surface area (Å²) in [6, 6.07) is 0. The van der Waals surface area contributed by atoms with Crippen molar-refractivity contribution < 1.29 is 40.5 Å². The fraction of sp³-hybridized carbons (Fsp3) is 0.929. The Kier molecular flexibility index (Phi) is 17.8. The van der Waals surface area contributed by atoms with Crippen molar-refractivity contribution in [2.45, 2.75) is 84.3 Å². The van der Waals surface area contributed by atoms with Gasteiger partial charge in [0.1, 0.15) is 0 Å². The Labute approximate surface area is 136 Å². The van der Waals surface area contributed by atoms with Gasteiger partial charge in [-0.3, -0.25) is 10.5 Å². The number of rotatable bonds is 11. The van der Waals surface area contributed by atoms with Crippen LogP contribution in [0.5, 0.6) is 0 Å². The van der Waals surface area contributed by atoms with E-state index in [0.717, 1.165) is 12.8 Å². The van der Waals surface area contributed by atoms with Crippen molar-refractivity contribution in [3.63, 3.8) is 0 Å². The molecule has 0 aromatic carbocycles. The van der Waals surface area contributed by atoms with Gasteiger partial charge < -0.3 is 6.16 Å². The minimum Gasteiger partial charge on any atom is -1.00 e. The molecular weight excluding hydrogens is 237 g/mol. The third-order valence-corrected chi connectivity index (χ3v) is 2.91. The summed E-state index contributed by atoms with van der Waals surface area (Å²) in [6.07, 6.45) is 12.0. The van der Waals surface area contributed by atoms with Crippen LogP contribution in [0.15, 0.2) is 0 Å². The molecule has 0 bridgehead atoms. The number of unbranched alkanes of at least 4 members (excludes halogenated alkanes) is 8. The first-order valence-electron chi connectivity index (χ1n) is 7.09. The Morgan fingerprint density at radius 2 is 1.50 bits per heavy atom. The Morgan fingerprint density at radius 1 is 1.06 bits per heavy atom. The van der Waals surface area contributed by atoms with Gasteiger partial charge in [-0.05, 0) is 12.8 Å². The second-order valence-corrected chi connectivity index (χ2v) is 4.76. The minimum atomic E-state index is -0.406. The molecule has 3 nitrogen and oxygen atoms in total. The molecule has 0 spiro atoms. The number of nitrogens with two attached hydrogens (primary N) is 1. The first-order chi connectivity index (χ1) is 8.16. The first kappa shape index (κ1) is 20.7. The van der Waals surface area contributed by atoms with Gasteiger partial charge in [-0.2, -0.15) is 0 Å². The number of carbonyl (C=O) groups excluding carboxylic acids is 1. The molecule has 1 atom stereocenters. The van der Waals surface area contributed by atoms with E-state index in [4.69, 9.17) is 10.5 Å². The quantitative estimate of drug-likeness (QED) is 0.262. The average Bonchev–Trinajstić information content (AvgIpc) is 2.26. The summed E-state index contributed by atoms with van der Waals surface area (Å²) >= 11 is 0. The van der Waals surface area contributed by atoms with Crippen molar-refractivity contribution in [1.82, 2.24) is 0 Å². The van der Waals surface area contributed by atoms with Crippen LogP contribution in [0, 0.1) is 0 Å². The van der Waals surface area contributed by atoms with Crippen LogP contribution in [-0.4, -0.2) is 12.2 Å². The molecule has 0 aromatic rings. The number of esters is 1. The van der Waals surface area contributed by atoms with E-state index >= 15 is 0 Å². The third kappa shape index (κ3) is 16.4. The molecule has 0 aliphatic heterocycles. The number of carbonyl (C=O) groups is 1. The number of hydrogen-bond acceptors (Lipinski definition) is 3. The van der Waals surface area contributed by atoms with Crippen LogP contribution >= 0.6 is 0 Å². The zero-order valence-electron chi connectivity index (χ0n) is 13.5. The van der Waals surface area contributed by atoms with Gasteiger partial charge in [0.15, 0.2) is 6.23 Å². The van der Waals surface area contributed by atoms with Crippen LogP contribution in [0.1, 0.15) is 79.5 Å². The van der Waals surface area contributed by atoms with E-state index in [1.54, 1.807) is 0 Å². The second kappa shape index (κ2) is 15.5. The summed E-state index contributed by atoms with van der Waals surface area (Å²) in [4.78, 5) is 10.6. The molecule has 1 unspecified atom stereocenters. The van der Waals surface area contributed by atoms with E-state index in [2.05, 4.69) is 6.92 Å². The molecule has 0 fully saturated rings. The second-order valence-electron chi connectivity index (χ2n) is 4.76. The van der Waals surface area contributed by atoms with Crippen molar-refractivity contribution in [2.24, 2.45) is 5.73 Å². The molecule has 104 valence electrons. The molecule has 4 heteroatoms. The van der Waals surface area contributed by atoms with Gasteiger partial charge in [-0.15, -0.1) is 0 Å². The smallest absolute Gasteiger partial charge is 1.00 e. The van der Waals surface area contributed by atoms with E-state index in [9.17, 15) is 4.79 Å². The summed E-state index contributed by atoms with van der Waals surface area (Å²) in [5.41, 5.74) is 5.63. The molecular formula is C14H30NNaO2. The molecule has 0 saturated heterocycles. The standard InChI is InChI=1S/C14H29NO2.Na.H/c1-3-4-5-6-7-8-9-10-11-12-14(15)17-13(2)16;;/h14H,3-12,15H2,1-2H3;;/q;+1;-1.